The molecule has 0 atom stereocenters. The van der Waals surface area contributed by atoms with Crippen molar-refractivity contribution in [3.63, 3.8) is 0 Å². The number of nitrogens with zero attached hydrogens (tertiary/aromatic N) is 1. The molecule has 0 fully saturated rings. The molecule has 7 heteroatoms. The van der Waals surface area contributed by atoms with Crippen molar-refractivity contribution in [2.24, 2.45) is 0 Å². The molecule has 1 aromatic carbocycles. The summed E-state index contributed by atoms with van der Waals surface area (Å²) in [5, 5.41) is 0. The van der Waals surface area contributed by atoms with E-state index in [0.717, 1.165) is 6.07 Å². The number of hydrogen-bond acceptors (Lipinski definition) is 3. The van der Waals surface area contributed by atoms with E-state index in [-0.39, 0.29) is 5.56 Å². The van der Waals surface area contributed by atoms with E-state index in [1.807, 2.05) is 6.92 Å². The van der Waals surface area contributed by atoms with Crippen molar-refractivity contribution in [2.75, 3.05) is 32.0 Å². The van der Waals surface area contributed by atoms with Crippen LogP contribution in [0.3, 0.4) is 0 Å². The van der Waals surface area contributed by atoms with Crippen molar-refractivity contribution < 1.29 is 22.7 Å². The Bertz CT molecular complexity index is 490. The maximum atomic E-state index is 12.8. The van der Waals surface area contributed by atoms with Crippen molar-refractivity contribution >= 4 is 11.6 Å². The number of nitrogens with two attached hydrogens (primary N) is 1. The molecule has 2 N–H and O–H groups in total. The monoisotopic (exact) mass is 304 g/mol. The summed E-state index contributed by atoms with van der Waals surface area (Å²) in [6.07, 6.45) is -4.58. The Balaban J connectivity index is 3.01. The van der Waals surface area contributed by atoms with Gasteiger partial charge in [0, 0.05) is 19.7 Å². The molecule has 0 heterocycles. The standard InChI is InChI=1S/C14H19F3N2O2/c1-3-19(8-9-21-4-2)13(20)10-6-5-7-11(12(10)18)14(15,16)17/h5-7H,3-4,8-9,18H2,1-2H3. The minimum Gasteiger partial charge on any atom is -0.398 e. The van der Waals surface area contributed by atoms with Gasteiger partial charge >= 0.3 is 6.18 Å². The smallest absolute Gasteiger partial charge is 0.398 e. The van der Waals surface area contributed by atoms with Gasteiger partial charge in [-0.25, -0.2) is 0 Å². The number of ether oxygens (including phenoxy) is 1. The van der Waals surface area contributed by atoms with Crippen molar-refractivity contribution in [1.82, 2.24) is 4.90 Å². The molecule has 0 aliphatic rings. The number of para-hydroxylation sites is 1. The van der Waals surface area contributed by atoms with E-state index in [0.29, 0.717) is 26.3 Å². The van der Waals surface area contributed by atoms with Crippen LogP contribution < -0.4 is 5.73 Å². The van der Waals surface area contributed by atoms with Gasteiger partial charge in [0.15, 0.2) is 0 Å². The molecule has 0 saturated heterocycles. The number of carbonyl (C=O) groups excluding carboxylic acids is 1. The number of hydrogen-bond donors (Lipinski definition) is 1. The third-order valence-corrected chi connectivity index (χ3v) is 3.02. The molecule has 0 aliphatic carbocycles. The molecule has 4 nitrogen and oxygen atoms in total. The van der Waals surface area contributed by atoms with Crippen molar-refractivity contribution in [2.45, 2.75) is 20.0 Å². The number of anilines is 1. The predicted molar refractivity (Wildman–Crippen MR) is 73.9 cm³/mol. The number of halogens is 3. The zero-order valence-corrected chi connectivity index (χ0v) is 12.0. The van der Waals surface area contributed by atoms with Crippen LogP contribution in [0, 0.1) is 0 Å². The SMILES string of the molecule is CCOCCN(CC)C(=O)c1cccc(C(F)(F)F)c1N. The molecular weight excluding hydrogens is 285 g/mol. The third kappa shape index (κ3) is 4.35. The summed E-state index contributed by atoms with van der Waals surface area (Å²) >= 11 is 0. The van der Waals surface area contributed by atoms with Crippen molar-refractivity contribution in [3.8, 4) is 0 Å². The van der Waals surface area contributed by atoms with E-state index < -0.39 is 23.3 Å². The van der Waals surface area contributed by atoms with Crippen LogP contribution in [0.15, 0.2) is 18.2 Å². The first-order valence-electron chi connectivity index (χ1n) is 6.65. The van der Waals surface area contributed by atoms with Crippen LogP contribution in [0.2, 0.25) is 0 Å². The first-order chi connectivity index (χ1) is 9.82. The van der Waals surface area contributed by atoms with E-state index in [1.165, 1.54) is 17.0 Å². The quantitative estimate of drug-likeness (QED) is 0.649. The highest BCUT2D eigenvalue weighted by molar-refractivity contribution is 5.99. The summed E-state index contributed by atoms with van der Waals surface area (Å²) in [7, 11) is 0. The maximum Gasteiger partial charge on any atom is 0.418 e. The zero-order valence-electron chi connectivity index (χ0n) is 12.0. The molecule has 0 unspecified atom stereocenters. The number of alkyl halides is 3. The molecule has 0 saturated carbocycles. The molecular formula is C14H19F3N2O2. The second-order valence-corrected chi connectivity index (χ2v) is 4.35. The molecule has 0 aliphatic heterocycles. The van der Waals surface area contributed by atoms with Gasteiger partial charge in [-0.15, -0.1) is 0 Å². The summed E-state index contributed by atoms with van der Waals surface area (Å²) in [5.41, 5.74) is 3.85. The fourth-order valence-corrected chi connectivity index (χ4v) is 1.89. The predicted octanol–water partition coefficient (Wildman–Crippen LogP) is 2.79. The van der Waals surface area contributed by atoms with Gasteiger partial charge in [0.1, 0.15) is 0 Å². The Labute approximate surface area is 121 Å². The van der Waals surface area contributed by atoms with Crippen LogP contribution in [0.4, 0.5) is 18.9 Å². The average molecular weight is 304 g/mol. The van der Waals surface area contributed by atoms with Crippen LogP contribution in [-0.4, -0.2) is 37.1 Å². The molecule has 0 radical (unpaired) electrons. The van der Waals surface area contributed by atoms with Crippen LogP contribution in [0.1, 0.15) is 29.8 Å². The molecule has 0 spiro atoms. The van der Waals surface area contributed by atoms with Crippen molar-refractivity contribution in [3.05, 3.63) is 29.3 Å². The Morgan fingerprint density at radius 1 is 1.33 bits per heavy atom. The minimum absolute atomic E-state index is 0.136. The number of nitrogen functional groups attached to an aromatic ring is 1. The zero-order chi connectivity index (χ0) is 16.0. The lowest BCUT2D eigenvalue weighted by molar-refractivity contribution is -0.136. The van der Waals surface area contributed by atoms with Gasteiger partial charge in [0.25, 0.3) is 5.91 Å². The van der Waals surface area contributed by atoms with Gasteiger partial charge in [-0.2, -0.15) is 13.2 Å². The highest BCUT2D eigenvalue weighted by atomic mass is 19.4. The summed E-state index contributed by atoms with van der Waals surface area (Å²) in [5.74, 6) is -0.527. The van der Waals surface area contributed by atoms with E-state index in [4.69, 9.17) is 10.5 Å². The largest absolute Gasteiger partial charge is 0.418 e. The van der Waals surface area contributed by atoms with Crippen LogP contribution in [-0.2, 0) is 10.9 Å². The van der Waals surface area contributed by atoms with Gasteiger partial charge in [0.05, 0.1) is 23.4 Å². The molecule has 1 rings (SSSR count). The van der Waals surface area contributed by atoms with Gasteiger partial charge < -0.3 is 15.4 Å². The van der Waals surface area contributed by atoms with Crippen LogP contribution in [0.25, 0.3) is 0 Å². The minimum atomic E-state index is -4.58. The Morgan fingerprint density at radius 3 is 2.52 bits per heavy atom. The molecule has 1 amide bonds. The van der Waals surface area contributed by atoms with Gasteiger partial charge in [-0.05, 0) is 26.0 Å². The summed E-state index contributed by atoms with van der Waals surface area (Å²) in [6, 6.07) is 3.35. The highest BCUT2D eigenvalue weighted by Gasteiger charge is 2.34. The highest BCUT2D eigenvalue weighted by Crippen LogP contribution is 2.35. The second-order valence-electron chi connectivity index (χ2n) is 4.35. The van der Waals surface area contributed by atoms with Gasteiger partial charge in [0.2, 0.25) is 0 Å². The lowest BCUT2D eigenvalue weighted by atomic mass is 10.1. The maximum absolute atomic E-state index is 12.8. The van der Waals surface area contributed by atoms with E-state index >= 15 is 0 Å². The number of carbonyl (C=O) groups is 1. The Hall–Kier alpha value is -1.76. The molecule has 1 aromatic rings. The van der Waals surface area contributed by atoms with Crippen LogP contribution >= 0.6 is 0 Å². The summed E-state index contributed by atoms with van der Waals surface area (Å²) in [6.45, 7) is 5.07. The molecule has 21 heavy (non-hydrogen) atoms. The molecule has 0 aromatic heterocycles. The second kappa shape index (κ2) is 7.31. The van der Waals surface area contributed by atoms with Crippen molar-refractivity contribution in [1.29, 1.82) is 0 Å². The molecule has 0 bridgehead atoms. The summed E-state index contributed by atoms with van der Waals surface area (Å²) < 4.78 is 43.6. The van der Waals surface area contributed by atoms with Gasteiger partial charge in [-0.1, -0.05) is 6.07 Å². The van der Waals surface area contributed by atoms with Gasteiger partial charge in [-0.3, -0.25) is 4.79 Å². The number of benzene rings is 1. The first-order valence-corrected chi connectivity index (χ1v) is 6.65. The lowest BCUT2D eigenvalue weighted by Gasteiger charge is -2.22. The summed E-state index contributed by atoms with van der Waals surface area (Å²) in [4.78, 5) is 13.7. The Morgan fingerprint density at radius 2 is 2.00 bits per heavy atom. The average Bonchev–Trinajstić information content (AvgIpc) is 2.42. The Kier molecular flexibility index (Phi) is 6.02. The first kappa shape index (κ1) is 17.3. The lowest BCUT2D eigenvalue weighted by Crippen LogP contribution is -2.34. The fourth-order valence-electron chi connectivity index (χ4n) is 1.89. The fraction of sp³-hybridized carbons (Fsp3) is 0.500. The van der Waals surface area contributed by atoms with E-state index in [2.05, 4.69) is 0 Å². The number of rotatable bonds is 6. The number of likely N-dealkylation sites (N-methyl/N-ethyl adjacent to an activating group) is 1. The normalized spacial score (nSPS) is 11.5. The topological polar surface area (TPSA) is 55.6 Å². The van der Waals surface area contributed by atoms with E-state index in [1.54, 1.807) is 6.92 Å². The van der Waals surface area contributed by atoms with E-state index in [9.17, 15) is 18.0 Å². The molecule has 118 valence electrons. The van der Waals surface area contributed by atoms with Crippen LogP contribution in [0.5, 0.6) is 0 Å². The number of amides is 1. The third-order valence-electron chi connectivity index (χ3n) is 3.02.